The lowest BCUT2D eigenvalue weighted by molar-refractivity contribution is 0.737. The third-order valence-electron chi connectivity index (χ3n) is 3.15. The van der Waals surface area contributed by atoms with Gasteiger partial charge in [-0.05, 0) is 24.1 Å². The number of hydrogen-bond donors (Lipinski definition) is 1. The van der Waals surface area contributed by atoms with Gasteiger partial charge in [0.25, 0.3) is 0 Å². The number of pyridine rings is 1. The van der Waals surface area contributed by atoms with Crippen LogP contribution < -0.4 is 5.32 Å². The number of aromatic nitrogens is 3. The number of rotatable bonds is 4. The Morgan fingerprint density at radius 3 is 2.63 bits per heavy atom. The van der Waals surface area contributed by atoms with Crippen molar-refractivity contribution in [3.63, 3.8) is 0 Å². The van der Waals surface area contributed by atoms with Crippen LogP contribution in [0.25, 0.3) is 5.65 Å². The SMILES string of the molecule is CCC(Nc1nc2ccccn2n1)c1ccccc1. The standard InChI is InChI=1S/C15H16N4/c1-2-13(12-8-4-3-5-9-12)16-15-17-14-10-6-7-11-19(14)18-15/h3-11,13H,2H2,1H3,(H,16,18). The molecular formula is C15H16N4. The summed E-state index contributed by atoms with van der Waals surface area (Å²) >= 11 is 0. The lowest BCUT2D eigenvalue weighted by atomic mass is 10.1. The van der Waals surface area contributed by atoms with Crippen LogP contribution in [0.5, 0.6) is 0 Å². The fourth-order valence-electron chi connectivity index (χ4n) is 2.15. The molecule has 1 aromatic carbocycles. The van der Waals surface area contributed by atoms with Crippen LogP contribution >= 0.6 is 0 Å². The highest BCUT2D eigenvalue weighted by atomic mass is 15.3. The molecule has 0 spiro atoms. The minimum Gasteiger partial charge on any atom is -0.346 e. The maximum absolute atomic E-state index is 4.47. The summed E-state index contributed by atoms with van der Waals surface area (Å²) in [6.07, 6.45) is 2.89. The summed E-state index contributed by atoms with van der Waals surface area (Å²) in [5.74, 6) is 0.668. The van der Waals surface area contributed by atoms with Crippen LogP contribution in [0.3, 0.4) is 0 Å². The molecule has 2 heterocycles. The van der Waals surface area contributed by atoms with Gasteiger partial charge in [0.2, 0.25) is 5.95 Å². The van der Waals surface area contributed by atoms with Gasteiger partial charge in [-0.3, -0.25) is 0 Å². The van der Waals surface area contributed by atoms with Crippen molar-refractivity contribution in [3.05, 3.63) is 60.3 Å². The Hall–Kier alpha value is -2.36. The highest BCUT2D eigenvalue weighted by Gasteiger charge is 2.11. The van der Waals surface area contributed by atoms with E-state index in [1.165, 1.54) is 5.56 Å². The second-order valence-corrected chi connectivity index (χ2v) is 4.45. The molecule has 0 saturated carbocycles. The van der Waals surface area contributed by atoms with Crippen LogP contribution in [0.2, 0.25) is 0 Å². The van der Waals surface area contributed by atoms with Gasteiger partial charge in [-0.2, -0.15) is 4.98 Å². The van der Waals surface area contributed by atoms with E-state index in [-0.39, 0.29) is 6.04 Å². The highest BCUT2D eigenvalue weighted by molar-refractivity contribution is 5.44. The van der Waals surface area contributed by atoms with Gasteiger partial charge < -0.3 is 5.32 Å². The van der Waals surface area contributed by atoms with E-state index in [4.69, 9.17) is 0 Å². The van der Waals surface area contributed by atoms with Gasteiger partial charge in [-0.25, -0.2) is 4.52 Å². The third-order valence-corrected chi connectivity index (χ3v) is 3.15. The smallest absolute Gasteiger partial charge is 0.243 e. The maximum Gasteiger partial charge on any atom is 0.243 e. The van der Waals surface area contributed by atoms with E-state index >= 15 is 0 Å². The molecule has 4 nitrogen and oxygen atoms in total. The molecule has 0 aliphatic heterocycles. The molecule has 3 rings (SSSR count). The van der Waals surface area contributed by atoms with Gasteiger partial charge >= 0.3 is 0 Å². The summed E-state index contributed by atoms with van der Waals surface area (Å²) in [4.78, 5) is 4.47. The van der Waals surface area contributed by atoms with Gasteiger partial charge in [0, 0.05) is 6.20 Å². The van der Waals surface area contributed by atoms with E-state index in [2.05, 4.69) is 46.6 Å². The van der Waals surface area contributed by atoms with Crippen LogP contribution in [0.15, 0.2) is 54.7 Å². The van der Waals surface area contributed by atoms with Crippen molar-refractivity contribution < 1.29 is 0 Å². The Morgan fingerprint density at radius 1 is 1.11 bits per heavy atom. The third kappa shape index (κ3) is 2.42. The van der Waals surface area contributed by atoms with Gasteiger partial charge in [0.05, 0.1) is 6.04 Å². The van der Waals surface area contributed by atoms with Gasteiger partial charge in [0.15, 0.2) is 5.65 Å². The summed E-state index contributed by atoms with van der Waals surface area (Å²) in [5.41, 5.74) is 2.11. The molecule has 0 aliphatic rings. The van der Waals surface area contributed by atoms with Gasteiger partial charge in [-0.15, -0.1) is 5.10 Å². The summed E-state index contributed by atoms with van der Waals surface area (Å²) in [7, 11) is 0. The predicted octanol–water partition coefficient (Wildman–Crippen LogP) is 3.29. The first-order chi connectivity index (χ1) is 9.36. The van der Waals surface area contributed by atoms with Crippen molar-refractivity contribution in [1.29, 1.82) is 0 Å². The zero-order valence-corrected chi connectivity index (χ0v) is 10.8. The van der Waals surface area contributed by atoms with Crippen LogP contribution in [-0.2, 0) is 0 Å². The molecule has 3 aromatic rings. The molecular weight excluding hydrogens is 236 g/mol. The Bertz CT molecular complexity index is 627. The highest BCUT2D eigenvalue weighted by Crippen LogP contribution is 2.20. The molecule has 0 radical (unpaired) electrons. The van der Waals surface area contributed by atoms with Crippen LogP contribution in [0, 0.1) is 0 Å². The topological polar surface area (TPSA) is 42.2 Å². The van der Waals surface area contributed by atoms with Crippen LogP contribution in [-0.4, -0.2) is 14.6 Å². The maximum atomic E-state index is 4.47. The molecule has 19 heavy (non-hydrogen) atoms. The fourth-order valence-corrected chi connectivity index (χ4v) is 2.15. The quantitative estimate of drug-likeness (QED) is 0.774. The molecule has 1 atom stereocenters. The first kappa shape index (κ1) is 11.7. The Kier molecular flexibility index (Phi) is 3.14. The molecule has 4 heteroatoms. The molecule has 0 fully saturated rings. The lowest BCUT2D eigenvalue weighted by Crippen LogP contribution is -2.10. The van der Waals surface area contributed by atoms with Crippen molar-refractivity contribution >= 4 is 11.6 Å². The Balaban J connectivity index is 1.86. The van der Waals surface area contributed by atoms with E-state index in [9.17, 15) is 0 Å². The number of nitrogens with one attached hydrogen (secondary N) is 1. The summed E-state index contributed by atoms with van der Waals surface area (Å²) in [5, 5.41) is 7.81. The number of fused-ring (bicyclic) bond motifs is 1. The van der Waals surface area contributed by atoms with Crippen molar-refractivity contribution in [3.8, 4) is 0 Å². The monoisotopic (exact) mass is 252 g/mol. The zero-order valence-electron chi connectivity index (χ0n) is 10.8. The average molecular weight is 252 g/mol. The van der Waals surface area contributed by atoms with E-state index in [1.807, 2.05) is 30.5 Å². The van der Waals surface area contributed by atoms with Crippen molar-refractivity contribution in [2.24, 2.45) is 0 Å². The second kappa shape index (κ2) is 5.10. The molecule has 1 N–H and O–H groups in total. The largest absolute Gasteiger partial charge is 0.346 e. The minimum atomic E-state index is 0.235. The normalized spacial score (nSPS) is 12.5. The Morgan fingerprint density at radius 2 is 1.89 bits per heavy atom. The fraction of sp³-hybridized carbons (Fsp3) is 0.200. The Labute approximate surface area is 112 Å². The van der Waals surface area contributed by atoms with Crippen molar-refractivity contribution in [2.75, 3.05) is 5.32 Å². The molecule has 96 valence electrons. The summed E-state index contributed by atoms with van der Waals surface area (Å²) < 4.78 is 1.78. The summed E-state index contributed by atoms with van der Waals surface area (Å²) in [6, 6.07) is 16.5. The predicted molar refractivity (Wildman–Crippen MR) is 76.1 cm³/mol. The number of anilines is 1. The number of nitrogens with zero attached hydrogens (tertiary/aromatic N) is 3. The molecule has 0 aliphatic carbocycles. The molecule has 0 bridgehead atoms. The molecule has 0 amide bonds. The van der Waals surface area contributed by atoms with Crippen LogP contribution in [0.1, 0.15) is 24.9 Å². The van der Waals surface area contributed by atoms with E-state index in [1.54, 1.807) is 4.52 Å². The van der Waals surface area contributed by atoms with Gasteiger partial charge in [-0.1, -0.05) is 43.3 Å². The first-order valence-electron chi connectivity index (χ1n) is 6.49. The van der Waals surface area contributed by atoms with E-state index in [0.29, 0.717) is 5.95 Å². The van der Waals surface area contributed by atoms with E-state index < -0.39 is 0 Å². The minimum absolute atomic E-state index is 0.235. The summed E-state index contributed by atoms with van der Waals surface area (Å²) in [6.45, 7) is 2.15. The molecule has 0 saturated heterocycles. The molecule has 1 unspecified atom stereocenters. The first-order valence-corrected chi connectivity index (χ1v) is 6.49. The number of benzene rings is 1. The second-order valence-electron chi connectivity index (χ2n) is 4.45. The van der Waals surface area contributed by atoms with Gasteiger partial charge in [0.1, 0.15) is 0 Å². The van der Waals surface area contributed by atoms with E-state index in [0.717, 1.165) is 12.1 Å². The lowest BCUT2D eigenvalue weighted by Gasteiger charge is -2.15. The zero-order chi connectivity index (χ0) is 13.1. The average Bonchev–Trinajstić information content (AvgIpc) is 2.88. The van der Waals surface area contributed by atoms with Crippen LogP contribution in [0.4, 0.5) is 5.95 Å². The van der Waals surface area contributed by atoms with Crippen molar-refractivity contribution in [2.45, 2.75) is 19.4 Å². The molecule has 2 aromatic heterocycles. The number of hydrogen-bond acceptors (Lipinski definition) is 3. The van der Waals surface area contributed by atoms with Crippen molar-refractivity contribution in [1.82, 2.24) is 14.6 Å².